The molecule has 0 unspecified atom stereocenters. The summed E-state index contributed by atoms with van der Waals surface area (Å²) in [5, 5.41) is 2.72. The SMILES string of the molecule is Cc1ccc(C(=O)OCC(=O)NCc2ccc(Br)cc2)c(C)c1. The lowest BCUT2D eigenvalue weighted by atomic mass is 10.1. The summed E-state index contributed by atoms with van der Waals surface area (Å²) < 4.78 is 6.04. The Morgan fingerprint density at radius 1 is 1.09 bits per heavy atom. The molecular weight excluding hydrogens is 358 g/mol. The molecule has 0 aliphatic rings. The zero-order chi connectivity index (χ0) is 16.8. The van der Waals surface area contributed by atoms with E-state index in [1.54, 1.807) is 6.07 Å². The molecule has 120 valence electrons. The Kier molecular flexibility index (Phi) is 5.93. The van der Waals surface area contributed by atoms with E-state index in [4.69, 9.17) is 4.74 Å². The summed E-state index contributed by atoms with van der Waals surface area (Å²) in [6.07, 6.45) is 0. The predicted molar refractivity (Wildman–Crippen MR) is 92.2 cm³/mol. The normalized spacial score (nSPS) is 10.2. The summed E-state index contributed by atoms with van der Waals surface area (Å²) in [5.41, 5.74) is 3.37. The number of amides is 1. The Labute approximate surface area is 144 Å². The average molecular weight is 376 g/mol. The number of halogens is 1. The minimum absolute atomic E-state index is 0.289. The molecule has 0 aromatic heterocycles. The second-order valence-corrected chi connectivity index (χ2v) is 6.21. The van der Waals surface area contributed by atoms with E-state index in [9.17, 15) is 9.59 Å². The number of rotatable bonds is 5. The molecule has 0 saturated heterocycles. The number of hydrogen-bond donors (Lipinski definition) is 1. The molecule has 4 nitrogen and oxygen atoms in total. The van der Waals surface area contributed by atoms with Crippen molar-refractivity contribution in [3.63, 3.8) is 0 Å². The van der Waals surface area contributed by atoms with E-state index >= 15 is 0 Å². The van der Waals surface area contributed by atoms with E-state index in [-0.39, 0.29) is 12.5 Å². The molecule has 0 bridgehead atoms. The summed E-state index contributed by atoms with van der Waals surface area (Å²) in [4.78, 5) is 23.7. The van der Waals surface area contributed by atoms with Gasteiger partial charge in [-0.25, -0.2) is 4.79 Å². The molecule has 0 aliphatic heterocycles. The molecule has 1 N–H and O–H groups in total. The van der Waals surface area contributed by atoms with Crippen LogP contribution in [0.5, 0.6) is 0 Å². The molecule has 2 aromatic carbocycles. The second-order valence-electron chi connectivity index (χ2n) is 5.30. The first-order valence-electron chi connectivity index (χ1n) is 7.21. The van der Waals surface area contributed by atoms with E-state index in [1.165, 1.54) is 0 Å². The van der Waals surface area contributed by atoms with Crippen LogP contribution in [0.4, 0.5) is 0 Å². The summed E-state index contributed by atoms with van der Waals surface area (Å²) in [7, 11) is 0. The van der Waals surface area contributed by atoms with Gasteiger partial charge >= 0.3 is 5.97 Å². The van der Waals surface area contributed by atoms with Gasteiger partial charge in [-0.1, -0.05) is 45.8 Å². The van der Waals surface area contributed by atoms with E-state index in [0.717, 1.165) is 21.2 Å². The molecule has 5 heteroatoms. The maximum Gasteiger partial charge on any atom is 0.338 e. The van der Waals surface area contributed by atoms with Gasteiger partial charge in [0.1, 0.15) is 0 Å². The standard InChI is InChI=1S/C18H18BrNO3/c1-12-3-8-16(13(2)9-12)18(22)23-11-17(21)20-10-14-4-6-15(19)7-5-14/h3-9H,10-11H2,1-2H3,(H,20,21). The third-order valence-corrected chi connectivity index (χ3v) is 3.87. The van der Waals surface area contributed by atoms with Crippen LogP contribution in [0, 0.1) is 13.8 Å². The number of carbonyl (C=O) groups excluding carboxylic acids is 2. The first-order valence-corrected chi connectivity index (χ1v) is 8.00. The first-order chi connectivity index (χ1) is 11.0. The molecule has 2 rings (SSSR count). The van der Waals surface area contributed by atoms with E-state index in [0.29, 0.717) is 12.1 Å². The lowest BCUT2D eigenvalue weighted by Gasteiger charge is -2.09. The van der Waals surface area contributed by atoms with Crippen LogP contribution in [0.2, 0.25) is 0 Å². The van der Waals surface area contributed by atoms with Crippen molar-refractivity contribution < 1.29 is 14.3 Å². The van der Waals surface area contributed by atoms with Gasteiger partial charge in [-0.3, -0.25) is 4.79 Å². The minimum Gasteiger partial charge on any atom is -0.452 e. The fraction of sp³-hybridized carbons (Fsp3) is 0.222. The monoisotopic (exact) mass is 375 g/mol. The molecule has 2 aromatic rings. The van der Waals surface area contributed by atoms with E-state index in [1.807, 2.05) is 50.2 Å². The summed E-state index contributed by atoms with van der Waals surface area (Å²) in [5.74, 6) is -0.813. The van der Waals surface area contributed by atoms with Crippen molar-refractivity contribution in [2.24, 2.45) is 0 Å². The highest BCUT2D eigenvalue weighted by Gasteiger charge is 2.12. The van der Waals surface area contributed by atoms with Gasteiger partial charge in [-0.2, -0.15) is 0 Å². The topological polar surface area (TPSA) is 55.4 Å². The zero-order valence-electron chi connectivity index (χ0n) is 13.1. The minimum atomic E-state index is -0.485. The molecule has 0 heterocycles. The van der Waals surface area contributed by atoms with Crippen LogP contribution in [0.1, 0.15) is 27.0 Å². The average Bonchev–Trinajstić information content (AvgIpc) is 2.52. The molecule has 0 aliphatic carbocycles. The summed E-state index contributed by atoms with van der Waals surface area (Å²) in [6.45, 7) is 3.91. The van der Waals surface area contributed by atoms with Crippen LogP contribution < -0.4 is 5.32 Å². The van der Waals surface area contributed by atoms with E-state index < -0.39 is 5.97 Å². The third-order valence-electron chi connectivity index (χ3n) is 3.34. The van der Waals surface area contributed by atoms with Crippen molar-refractivity contribution in [3.05, 3.63) is 69.2 Å². The fourth-order valence-corrected chi connectivity index (χ4v) is 2.37. The Balaban J connectivity index is 1.81. The van der Waals surface area contributed by atoms with Crippen molar-refractivity contribution in [3.8, 4) is 0 Å². The van der Waals surface area contributed by atoms with Crippen molar-refractivity contribution in [1.29, 1.82) is 0 Å². The highest BCUT2D eigenvalue weighted by Crippen LogP contribution is 2.12. The molecule has 0 spiro atoms. The highest BCUT2D eigenvalue weighted by molar-refractivity contribution is 9.10. The van der Waals surface area contributed by atoms with Crippen LogP contribution in [-0.4, -0.2) is 18.5 Å². The van der Waals surface area contributed by atoms with Gasteiger partial charge in [-0.05, 0) is 43.2 Å². The number of ether oxygens (including phenoxy) is 1. The fourth-order valence-electron chi connectivity index (χ4n) is 2.11. The van der Waals surface area contributed by atoms with Gasteiger partial charge in [0.2, 0.25) is 0 Å². The number of nitrogens with one attached hydrogen (secondary N) is 1. The number of esters is 1. The van der Waals surface area contributed by atoms with Crippen LogP contribution in [0.25, 0.3) is 0 Å². The van der Waals surface area contributed by atoms with Gasteiger partial charge in [0, 0.05) is 11.0 Å². The van der Waals surface area contributed by atoms with Crippen molar-refractivity contribution >= 4 is 27.8 Å². The Morgan fingerprint density at radius 3 is 2.43 bits per heavy atom. The molecule has 1 amide bonds. The van der Waals surface area contributed by atoms with Crippen LogP contribution in [-0.2, 0) is 16.1 Å². The van der Waals surface area contributed by atoms with Gasteiger partial charge in [0.05, 0.1) is 5.56 Å². The third kappa shape index (κ3) is 5.21. The van der Waals surface area contributed by atoms with Crippen molar-refractivity contribution in [2.45, 2.75) is 20.4 Å². The van der Waals surface area contributed by atoms with Gasteiger partial charge < -0.3 is 10.1 Å². The van der Waals surface area contributed by atoms with Crippen LogP contribution in [0.3, 0.4) is 0 Å². The lowest BCUT2D eigenvalue weighted by Crippen LogP contribution is -2.28. The molecule has 0 radical (unpaired) electrons. The van der Waals surface area contributed by atoms with Gasteiger partial charge in [0.25, 0.3) is 5.91 Å². The van der Waals surface area contributed by atoms with E-state index in [2.05, 4.69) is 21.2 Å². The zero-order valence-corrected chi connectivity index (χ0v) is 14.6. The first kappa shape index (κ1) is 17.2. The van der Waals surface area contributed by atoms with Crippen molar-refractivity contribution in [2.75, 3.05) is 6.61 Å². The summed E-state index contributed by atoms with van der Waals surface area (Å²) in [6, 6.07) is 13.1. The lowest BCUT2D eigenvalue weighted by molar-refractivity contribution is -0.124. The van der Waals surface area contributed by atoms with Crippen molar-refractivity contribution in [1.82, 2.24) is 5.32 Å². The number of aryl methyl sites for hydroxylation is 2. The Morgan fingerprint density at radius 2 is 1.78 bits per heavy atom. The Bertz CT molecular complexity index is 711. The summed E-state index contributed by atoms with van der Waals surface area (Å²) >= 11 is 3.35. The quantitative estimate of drug-likeness (QED) is 0.813. The largest absolute Gasteiger partial charge is 0.452 e. The number of hydrogen-bond acceptors (Lipinski definition) is 3. The van der Waals surface area contributed by atoms with Gasteiger partial charge in [-0.15, -0.1) is 0 Å². The second kappa shape index (κ2) is 7.92. The molecular formula is C18H18BrNO3. The van der Waals surface area contributed by atoms with Gasteiger partial charge in [0.15, 0.2) is 6.61 Å². The highest BCUT2D eigenvalue weighted by atomic mass is 79.9. The van der Waals surface area contributed by atoms with Crippen LogP contribution >= 0.6 is 15.9 Å². The molecule has 0 saturated carbocycles. The van der Waals surface area contributed by atoms with Crippen LogP contribution in [0.15, 0.2) is 46.9 Å². The predicted octanol–water partition coefficient (Wildman–Crippen LogP) is 3.54. The molecule has 0 atom stereocenters. The maximum absolute atomic E-state index is 12.0. The number of benzene rings is 2. The molecule has 23 heavy (non-hydrogen) atoms. The number of carbonyl (C=O) groups is 2. The Hall–Kier alpha value is -2.14. The maximum atomic E-state index is 12.0. The molecule has 0 fully saturated rings. The smallest absolute Gasteiger partial charge is 0.338 e.